The van der Waals surface area contributed by atoms with Crippen molar-refractivity contribution in [2.24, 2.45) is 11.8 Å². The zero-order valence-corrected chi connectivity index (χ0v) is 11.6. The van der Waals surface area contributed by atoms with Gasteiger partial charge in [0.25, 0.3) is 0 Å². The molecule has 0 aromatic heterocycles. The van der Waals surface area contributed by atoms with Crippen LogP contribution in [0.25, 0.3) is 4.85 Å². The summed E-state index contributed by atoms with van der Waals surface area (Å²) in [6.07, 6.45) is 0. The van der Waals surface area contributed by atoms with Crippen LogP contribution in [0.15, 0.2) is 0 Å². The van der Waals surface area contributed by atoms with Crippen LogP contribution in [0, 0.1) is 29.7 Å². The highest BCUT2D eigenvalue weighted by molar-refractivity contribution is 5.80. The molecular formula is C13H18N2O4. The lowest BCUT2D eigenvalue weighted by molar-refractivity contribution is -0.153. The fraction of sp³-hybridized carbons (Fsp3) is 0.692. The predicted molar refractivity (Wildman–Crippen MR) is 66.5 cm³/mol. The van der Waals surface area contributed by atoms with E-state index in [1.54, 1.807) is 19.9 Å². The fourth-order valence-corrected chi connectivity index (χ4v) is 1.68. The van der Waals surface area contributed by atoms with E-state index < -0.39 is 29.3 Å². The second kappa shape index (κ2) is 7.38. The van der Waals surface area contributed by atoms with E-state index >= 15 is 0 Å². The molecule has 0 aromatic carbocycles. The van der Waals surface area contributed by atoms with E-state index in [1.807, 2.05) is 0 Å². The number of rotatable bonds is 6. The summed E-state index contributed by atoms with van der Waals surface area (Å²) in [4.78, 5) is 26.7. The molecule has 0 fully saturated rings. The van der Waals surface area contributed by atoms with Gasteiger partial charge in [-0.25, -0.2) is 6.57 Å². The summed E-state index contributed by atoms with van der Waals surface area (Å²) in [5, 5.41) is 9.27. The summed E-state index contributed by atoms with van der Waals surface area (Å²) in [7, 11) is 0. The minimum absolute atomic E-state index is 0.149. The van der Waals surface area contributed by atoms with E-state index in [4.69, 9.17) is 16.0 Å². The fourth-order valence-electron chi connectivity index (χ4n) is 1.68. The molecule has 0 radical (unpaired) electrons. The number of carbonyl (C=O) groups excluding carboxylic acids is 2. The number of hydrogen-bond acceptors (Lipinski definition) is 5. The molecule has 0 rings (SSSR count). The second-order valence-electron chi connectivity index (χ2n) is 4.00. The smallest absolute Gasteiger partial charge is 0.341 e. The molecule has 0 aliphatic rings. The van der Waals surface area contributed by atoms with Gasteiger partial charge in [0.05, 0.1) is 13.2 Å². The van der Waals surface area contributed by atoms with Gasteiger partial charge < -0.3 is 9.47 Å². The van der Waals surface area contributed by atoms with Crippen LogP contribution in [-0.4, -0.2) is 30.7 Å². The van der Waals surface area contributed by atoms with Gasteiger partial charge in [-0.15, -0.1) is 0 Å². The van der Waals surface area contributed by atoms with Gasteiger partial charge >= 0.3 is 17.5 Å². The third-order valence-corrected chi connectivity index (χ3v) is 2.96. The first-order valence-corrected chi connectivity index (χ1v) is 6.04. The van der Waals surface area contributed by atoms with Crippen LogP contribution in [-0.2, 0) is 19.1 Å². The van der Waals surface area contributed by atoms with Crippen LogP contribution in [0.2, 0.25) is 0 Å². The maximum atomic E-state index is 11.7. The van der Waals surface area contributed by atoms with Crippen molar-refractivity contribution >= 4 is 11.9 Å². The highest BCUT2D eigenvalue weighted by atomic mass is 16.5. The lowest BCUT2D eigenvalue weighted by atomic mass is 9.77. The SMILES string of the molecule is [C-]#[N+]C(C#N)(C(C)C(=O)OCC)C(C)C(=O)OCC. The molecule has 0 amide bonds. The van der Waals surface area contributed by atoms with Crippen LogP contribution in [0.1, 0.15) is 27.7 Å². The molecule has 0 heterocycles. The number of ether oxygens (including phenoxy) is 2. The Hall–Kier alpha value is -2.08. The molecule has 0 bridgehead atoms. The van der Waals surface area contributed by atoms with Crippen LogP contribution in [0.3, 0.4) is 0 Å². The summed E-state index contributed by atoms with van der Waals surface area (Å²) in [5.74, 6) is -3.41. The van der Waals surface area contributed by atoms with Gasteiger partial charge in [-0.3, -0.25) is 14.4 Å². The molecule has 104 valence electrons. The Balaban J connectivity index is 5.39. The maximum absolute atomic E-state index is 11.7. The van der Waals surface area contributed by atoms with Gasteiger partial charge in [-0.05, 0) is 27.7 Å². The molecule has 2 unspecified atom stereocenters. The Morgan fingerprint density at radius 3 is 1.79 bits per heavy atom. The Morgan fingerprint density at radius 1 is 1.21 bits per heavy atom. The van der Waals surface area contributed by atoms with E-state index in [9.17, 15) is 14.9 Å². The minimum atomic E-state index is -1.81. The van der Waals surface area contributed by atoms with Gasteiger partial charge in [0.2, 0.25) is 0 Å². The normalized spacial score (nSPS) is 16.1. The molecule has 19 heavy (non-hydrogen) atoms. The van der Waals surface area contributed by atoms with Crippen molar-refractivity contribution < 1.29 is 19.1 Å². The lowest BCUT2D eigenvalue weighted by Crippen LogP contribution is -2.46. The van der Waals surface area contributed by atoms with Crippen molar-refractivity contribution in [1.29, 1.82) is 5.26 Å². The Kier molecular flexibility index (Phi) is 6.57. The van der Waals surface area contributed by atoms with E-state index in [2.05, 4.69) is 4.85 Å². The van der Waals surface area contributed by atoms with Gasteiger partial charge in [0, 0.05) is 0 Å². The first-order valence-electron chi connectivity index (χ1n) is 6.04. The molecule has 0 saturated carbocycles. The van der Waals surface area contributed by atoms with Gasteiger partial charge in [0.15, 0.2) is 6.07 Å². The molecular weight excluding hydrogens is 248 g/mol. The zero-order chi connectivity index (χ0) is 15.1. The monoisotopic (exact) mass is 266 g/mol. The minimum Gasteiger partial charge on any atom is -0.466 e. The van der Waals surface area contributed by atoms with Crippen molar-refractivity contribution in [2.75, 3.05) is 13.2 Å². The Labute approximate surface area is 113 Å². The first-order chi connectivity index (χ1) is 8.91. The summed E-state index contributed by atoms with van der Waals surface area (Å²) >= 11 is 0. The molecule has 0 N–H and O–H groups in total. The first kappa shape index (κ1) is 16.9. The van der Waals surface area contributed by atoms with Crippen molar-refractivity contribution in [2.45, 2.75) is 33.2 Å². The van der Waals surface area contributed by atoms with Crippen molar-refractivity contribution in [3.05, 3.63) is 11.4 Å². The average molecular weight is 266 g/mol. The molecule has 6 heteroatoms. The van der Waals surface area contributed by atoms with E-state index in [0.717, 1.165) is 0 Å². The number of nitrogens with zero attached hydrogens (tertiary/aromatic N) is 2. The topological polar surface area (TPSA) is 80.8 Å². The molecule has 0 spiro atoms. The lowest BCUT2D eigenvalue weighted by Gasteiger charge is -2.24. The van der Waals surface area contributed by atoms with E-state index in [0.29, 0.717) is 0 Å². The third-order valence-electron chi connectivity index (χ3n) is 2.96. The molecule has 0 aliphatic heterocycles. The highest BCUT2D eigenvalue weighted by Gasteiger charge is 2.56. The highest BCUT2D eigenvalue weighted by Crippen LogP contribution is 2.32. The summed E-state index contributed by atoms with van der Waals surface area (Å²) in [6, 6.07) is 1.79. The largest absolute Gasteiger partial charge is 0.466 e. The maximum Gasteiger partial charge on any atom is 0.341 e. The molecule has 0 aromatic rings. The Morgan fingerprint density at radius 2 is 1.58 bits per heavy atom. The second-order valence-corrected chi connectivity index (χ2v) is 4.00. The van der Waals surface area contributed by atoms with Crippen LogP contribution in [0.5, 0.6) is 0 Å². The van der Waals surface area contributed by atoms with Crippen molar-refractivity contribution in [3.63, 3.8) is 0 Å². The number of carbonyl (C=O) groups is 2. The molecule has 0 saturated heterocycles. The van der Waals surface area contributed by atoms with Gasteiger partial charge in [0.1, 0.15) is 11.8 Å². The van der Waals surface area contributed by atoms with Crippen LogP contribution >= 0.6 is 0 Å². The van der Waals surface area contributed by atoms with E-state index in [1.165, 1.54) is 13.8 Å². The average Bonchev–Trinajstić information content (AvgIpc) is 2.40. The Bertz CT molecular complexity index is 379. The van der Waals surface area contributed by atoms with Crippen LogP contribution in [0.4, 0.5) is 0 Å². The van der Waals surface area contributed by atoms with E-state index in [-0.39, 0.29) is 13.2 Å². The standard InChI is InChI=1S/C13H18N2O4/c1-6-18-11(16)9(3)13(8-14,15-5)10(4)12(17)19-7-2/h9-10H,6-7H2,1-4H3. The quantitative estimate of drug-likeness (QED) is 0.538. The van der Waals surface area contributed by atoms with Gasteiger partial charge in [-0.1, -0.05) is 0 Å². The summed E-state index contributed by atoms with van der Waals surface area (Å²) < 4.78 is 9.64. The van der Waals surface area contributed by atoms with Crippen molar-refractivity contribution in [1.82, 2.24) is 0 Å². The van der Waals surface area contributed by atoms with Crippen LogP contribution < -0.4 is 0 Å². The predicted octanol–water partition coefficient (Wildman–Crippen LogP) is 1.57. The summed E-state index contributed by atoms with van der Waals surface area (Å²) in [5.41, 5.74) is -1.81. The van der Waals surface area contributed by atoms with Gasteiger partial charge in [-0.2, -0.15) is 5.26 Å². The molecule has 6 nitrogen and oxygen atoms in total. The summed E-state index contributed by atoms with van der Waals surface area (Å²) in [6.45, 7) is 13.6. The number of nitriles is 1. The van der Waals surface area contributed by atoms with Crippen molar-refractivity contribution in [3.8, 4) is 6.07 Å². The molecule has 0 aliphatic carbocycles. The number of esters is 2. The zero-order valence-electron chi connectivity index (χ0n) is 11.6. The third kappa shape index (κ3) is 3.45. The molecule has 2 atom stereocenters. The number of hydrogen-bond donors (Lipinski definition) is 0.